The van der Waals surface area contributed by atoms with Gasteiger partial charge in [-0.1, -0.05) is 18.2 Å². The van der Waals surface area contributed by atoms with Gasteiger partial charge in [-0.25, -0.2) is 13.8 Å². The molecule has 3 rings (SSSR count). The molecule has 2 amide bonds. The Balaban J connectivity index is 1.81. The highest BCUT2D eigenvalue weighted by Crippen LogP contribution is 2.29. The van der Waals surface area contributed by atoms with Gasteiger partial charge >= 0.3 is 6.36 Å². The molecule has 0 radical (unpaired) electrons. The number of amides is 2. The number of nitrogens with one attached hydrogen (secondary N) is 1. The van der Waals surface area contributed by atoms with Crippen molar-refractivity contribution in [2.75, 3.05) is 10.2 Å². The first-order valence-electron chi connectivity index (χ1n) is 9.38. The topological polar surface area (TPSA) is 71.5 Å². The summed E-state index contributed by atoms with van der Waals surface area (Å²) >= 11 is 0. The quantitative estimate of drug-likeness (QED) is 0.513. The van der Waals surface area contributed by atoms with E-state index in [9.17, 15) is 31.5 Å². The third-order valence-electron chi connectivity index (χ3n) is 4.23. The Kier molecular flexibility index (Phi) is 6.90. The number of nitrogens with zero attached hydrogens (tertiary/aromatic N) is 2. The van der Waals surface area contributed by atoms with Crippen molar-refractivity contribution in [3.05, 3.63) is 78.0 Å². The van der Waals surface area contributed by atoms with Crippen LogP contribution in [0.2, 0.25) is 0 Å². The number of pyridine rings is 1. The molecule has 0 aliphatic heterocycles. The van der Waals surface area contributed by atoms with E-state index in [0.29, 0.717) is 6.07 Å². The molecule has 0 aliphatic rings. The van der Waals surface area contributed by atoms with E-state index in [-0.39, 0.29) is 22.8 Å². The molecule has 1 aromatic heterocycles. The third kappa shape index (κ3) is 6.48. The zero-order valence-electron chi connectivity index (χ0n) is 17.0. The normalized spacial score (nSPS) is 11.1. The Morgan fingerprint density at radius 1 is 1.03 bits per heavy atom. The highest BCUT2D eigenvalue weighted by molar-refractivity contribution is 5.99. The summed E-state index contributed by atoms with van der Waals surface area (Å²) in [6.07, 6.45) is -4.11. The number of ether oxygens (including phenoxy) is 1. The van der Waals surface area contributed by atoms with E-state index in [1.54, 1.807) is 0 Å². The van der Waals surface area contributed by atoms with Crippen molar-refractivity contribution in [1.82, 2.24) is 4.98 Å². The van der Waals surface area contributed by atoms with Crippen molar-refractivity contribution in [1.29, 1.82) is 0 Å². The van der Waals surface area contributed by atoms with Gasteiger partial charge in [-0.3, -0.25) is 14.5 Å². The van der Waals surface area contributed by atoms with Crippen molar-refractivity contribution in [3.63, 3.8) is 0 Å². The van der Waals surface area contributed by atoms with Crippen LogP contribution < -0.4 is 15.0 Å². The molecule has 0 bridgehead atoms. The first-order chi connectivity index (χ1) is 15.5. The lowest BCUT2D eigenvalue weighted by Gasteiger charge is -2.21. The highest BCUT2D eigenvalue weighted by atomic mass is 19.4. The summed E-state index contributed by atoms with van der Waals surface area (Å²) in [5.41, 5.74) is 0.0405. The largest absolute Gasteiger partial charge is 0.573 e. The van der Waals surface area contributed by atoms with Gasteiger partial charge in [-0.2, -0.15) is 0 Å². The average molecular weight is 465 g/mol. The summed E-state index contributed by atoms with van der Waals surface area (Å²) in [6.45, 7) is 1.16. The van der Waals surface area contributed by atoms with Crippen LogP contribution in [0.5, 0.6) is 5.75 Å². The van der Waals surface area contributed by atoms with Crippen LogP contribution >= 0.6 is 0 Å². The lowest BCUT2D eigenvalue weighted by molar-refractivity contribution is -0.274. The number of hydrogen-bond donors (Lipinski definition) is 1. The van der Waals surface area contributed by atoms with Gasteiger partial charge in [-0.05, 0) is 24.3 Å². The van der Waals surface area contributed by atoms with Crippen LogP contribution in [0.4, 0.5) is 39.1 Å². The molecule has 0 aliphatic carbocycles. The Labute approximate surface area is 184 Å². The summed E-state index contributed by atoms with van der Waals surface area (Å²) < 4.78 is 68.9. The monoisotopic (exact) mass is 465 g/mol. The molecule has 0 unspecified atom stereocenters. The Morgan fingerprint density at radius 2 is 1.70 bits per heavy atom. The van der Waals surface area contributed by atoms with E-state index >= 15 is 0 Å². The minimum Gasteiger partial charge on any atom is -0.405 e. The summed E-state index contributed by atoms with van der Waals surface area (Å²) in [5, 5.41) is 2.49. The number of para-hydroxylation sites is 1. The maximum absolute atomic E-state index is 13.6. The number of anilines is 3. The minimum absolute atomic E-state index is 0.00204. The van der Waals surface area contributed by atoms with Crippen LogP contribution in [-0.2, 0) is 16.0 Å². The first kappa shape index (κ1) is 23.6. The molecule has 33 heavy (non-hydrogen) atoms. The minimum atomic E-state index is -4.92. The van der Waals surface area contributed by atoms with Crippen molar-refractivity contribution >= 4 is 29.0 Å². The van der Waals surface area contributed by atoms with Crippen LogP contribution in [0.25, 0.3) is 0 Å². The van der Waals surface area contributed by atoms with E-state index in [1.807, 2.05) is 0 Å². The molecule has 1 N–H and O–H groups in total. The molecule has 1 heterocycles. The third-order valence-corrected chi connectivity index (χ3v) is 4.23. The molecular formula is C22H16F5N3O3. The van der Waals surface area contributed by atoms with Gasteiger partial charge < -0.3 is 10.1 Å². The molecule has 0 saturated heterocycles. The summed E-state index contributed by atoms with van der Waals surface area (Å²) in [5.74, 6) is -3.62. The van der Waals surface area contributed by atoms with Gasteiger partial charge in [0.15, 0.2) is 0 Å². The zero-order chi connectivity index (χ0) is 24.2. The van der Waals surface area contributed by atoms with E-state index < -0.39 is 42.0 Å². The SMILES string of the molecule is CC(=O)N(c1cc(F)cc(F)c1)c1cc(NC(=O)Cc2ccccc2OC(F)(F)F)ccn1. The second kappa shape index (κ2) is 9.63. The molecule has 0 fully saturated rings. The van der Waals surface area contributed by atoms with Gasteiger partial charge in [0.2, 0.25) is 11.8 Å². The number of alkyl halides is 3. The van der Waals surface area contributed by atoms with Gasteiger partial charge in [0.1, 0.15) is 23.2 Å². The maximum atomic E-state index is 13.6. The lowest BCUT2D eigenvalue weighted by Crippen LogP contribution is -2.24. The molecule has 0 saturated carbocycles. The van der Waals surface area contributed by atoms with Crippen LogP contribution in [-0.4, -0.2) is 23.2 Å². The fourth-order valence-electron chi connectivity index (χ4n) is 3.01. The second-order valence-corrected chi connectivity index (χ2v) is 6.77. The average Bonchev–Trinajstić information content (AvgIpc) is 2.68. The van der Waals surface area contributed by atoms with E-state index in [0.717, 1.165) is 30.0 Å². The smallest absolute Gasteiger partial charge is 0.405 e. The number of halogens is 5. The number of rotatable bonds is 6. The van der Waals surface area contributed by atoms with Crippen LogP contribution in [0.3, 0.4) is 0 Å². The molecular weight excluding hydrogens is 449 g/mol. The van der Waals surface area contributed by atoms with Gasteiger partial charge in [0.25, 0.3) is 0 Å². The lowest BCUT2D eigenvalue weighted by atomic mass is 10.1. The van der Waals surface area contributed by atoms with Gasteiger partial charge in [-0.15, -0.1) is 13.2 Å². The number of aromatic nitrogens is 1. The maximum Gasteiger partial charge on any atom is 0.573 e. The summed E-state index contributed by atoms with van der Waals surface area (Å²) in [4.78, 5) is 29.5. The number of carbonyl (C=O) groups is 2. The van der Waals surface area contributed by atoms with Gasteiger partial charge in [0.05, 0.1) is 12.1 Å². The highest BCUT2D eigenvalue weighted by Gasteiger charge is 2.32. The summed E-state index contributed by atoms with van der Waals surface area (Å²) in [7, 11) is 0. The van der Waals surface area contributed by atoms with Crippen LogP contribution in [0.1, 0.15) is 12.5 Å². The fourth-order valence-corrected chi connectivity index (χ4v) is 3.01. The molecule has 6 nitrogen and oxygen atoms in total. The van der Waals surface area contributed by atoms with E-state index in [2.05, 4.69) is 15.0 Å². The predicted octanol–water partition coefficient (Wildman–Crippen LogP) is 5.12. The second-order valence-electron chi connectivity index (χ2n) is 6.77. The van der Waals surface area contributed by atoms with Crippen LogP contribution in [0, 0.1) is 11.6 Å². The molecule has 0 spiro atoms. The van der Waals surface area contributed by atoms with E-state index in [1.165, 1.54) is 36.5 Å². The summed E-state index contributed by atoms with van der Waals surface area (Å²) in [6, 6.07) is 10.4. The molecule has 3 aromatic rings. The van der Waals surface area contributed by atoms with Crippen molar-refractivity contribution in [2.45, 2.75) is 19.7 Å². The number of hydrogen-bond acceptors (Lipinski definition) is 4. The fraction of sp³-hybridized carbons (Fsp3) is 0.136. The Bertz CT molecular complexity index is 1160. The molecule has 0 atom stereocenters. The number of benzene rings is 2. The zero-order valence-corrected chi connectivity index (χ0v) is 17.0. The van der Waals surface area contributed by atoms with E-state index in [4.69, 9.17) is 0 Å². The molecule has 172 valence electrons. The van der Waals surface area contributed by atoms with Crippen molar-refractivity contribution in [3.8, 4) is 5.75 Å². The standard InChI is InChI=1S/C22H16F5N3O3/c1-13(31)30(18-10-15(23)9-16(24)11-18)20-12-17(6-7-28-20)29-21(32)8-14-4-2-3-5-19(14)33-22(25,26)27/h2-7,9-12H,8H2,1H3,(H,28,29,32). The predicted molar refractivity (Wildman–Crippen MR) is 109 cm³/mol. The van der Waals surface area contributed by atoms with Crippen molar-refractivity contribution < 1.29 is 36.3 Å². The molecule has 2 aromatic carbocycles. The number of carbonyl (C=O) groups excluding carboxylic acids is 2. The van der Waals surface area contributed by atoms with Gasteiger partial charge in [0, 0.05) is 36.5 Å². The molecule has 11 heteroatoms. The van der Waals surface area contributed by atoms with Crippen molar-refractivity contribution in [2.24, 2.45) is 0 Å². The first-order valence-corrected chi connectivity index (χ1v) is 9.38. The van der Waals surface area contributed by atoms with Crippen LogP contribution in [0.15, 0.2) is 60.8 Å². The Morgan fingerprint density at radius 3 is 2.33 bits per heavy atom. The Hall–Kier alpha value is -4.02.